The number of alkyl halides is 3. The molecule has 0 aliphatic heterocycles. The van der Waals surface area contributed by atoms with Gasteiger partial charge in [-0.05, 0) is 79.6 Å². The molecule has 1 N–H and O–H groups in total. The lowest BCUT2D eigenvalue weighted by Crippen LogP contribution is -2.23. The molecule has 4 rings (SSSR count). The molecule has 3 aromatic carbocycles. The van der Waals surface area contributed by atoms with Gasteiger partial charge in [0.25, 0.3) is 5.91 Å². The fourth-order valence-corrected chi connectivity index (χ4v) is 3.59. The molecule has 1 heterocycles. The van der Waals surface area contributed by atoms with Crippen LogP contribution in [-0.4, -0.2) is 12.5 Å². The molecule has 0 saturated heterocycles. The molecule has 4 aromatic rings. The average molecular weight is 502 g/mol. The van der Waals surface area contributed by atoms with Gasteiger partial charge in [-0.3, -0.25) is 9.59 Å². The Labute approximate surface area is 203 Å². The topological polar surface area (TPSA) is 68.5 Å². The second-order valence-electron chi connectivity index (χ2n) is 7.94. The number of benzene rings is 3. The maximum Gasteiger partial charge on any atom is 0.416 e. The van der Waals surface area contributed by atoms with E-state index in [0.717, 1.165) is 23.3 Å². The van der Waals surface area contributed by atoms with E-state index in [-0.39, 0.29) is 22.6 Å². The first-order chi connectivity index (χ1) is 16.5. The van der Waals surface area contributed by atoms with Gasteiger partial charge in [0.15, 0.2) is 12.4 Å². The van der Waals surface area contributed by atoms with Crippen LogP contribution in [0.5, 0.6) is 5.75 Å². The molecule has 0 aliphatic carbocycles. The third kappa shape index (κ3) is 5.33. The molecule has 180 valence electrons. The van der Waals surface area contributed by atoms with E-state index < -0.39 is 29.7 Å². The standard InChI is InChI=1S/C26H19ClF3NO4/c1-14-10-20-21(11-15(14)2)35-24(16-6-8-18(27)9-7-16)25(23(20)33)34-13-22(32)31-19-5-3-4-17(12-19)26(28,29)30/h3-12H,13H2,1-2H3,(H,31,32). The molecule has 9 heteroatoms. The number of halogens is 4. The number of fused-ring (bicyclic) bond motifs is 1. The Hall–Kier alpha value is -3.78. The van der Waals surface area contributed by atoms with Crippen LogP contribution < -0.4 is 15.5 Å². The number of amides is 1. The molecule has 0 saturated carbocycles. The highest BCUT2D eigenvalue weighted by atomic mass is 35.5. The van der Waals surface area contributed by atoms with Crippen LogP contribution in [0.25, 0.3) is 22.3 Å². The molecular formula is C26H19ClF3NO4. The van der Waals surface area contributed by atoms with Crippen LogP contribution in [0.1, 0.15) is 16.7 Å². The highest BCUT2D eigenvalue weighted by Gasteiger charge is 2.30. The minimum absolute atomic E-state index is 0.0528. The smallest absolute Gasteiger partial charge is 0.416 e. The van der Waals surface area contributed by atoms with E-state index in [2.05, 4.69) is 5.32 Å². The van der Waals surface area contributed by atoms with Crippen LogP contribution in [-0.2, 0) is 11.0 Å². The highest BCUT2D eigenvalue weighted by molar-refractivity contribution is 6.30. The van der Waals surface area contributed by atoms with Gasteiger partial charge in [-0.15, -0.1) is 0 Å². The van der Waals surface area contributed by atoms with Gasteiger partial charge >= 0.3 is 6.18 Å². The Morgan fingerprint density at radius 2 is 1.71 bits per heavy atom. The van der Waals surface area contributed by atoms with Gasteiger partial charge in [-0.25, -0.2) is 0 Å². The second-order valence-corrected chi connectivity index (χ2v) is 8.38. The zero-order valence-corrected chi connectivity index (χ0v) is 19.4. The number of ether oxygens (including phenoxy) is 1. The quantitative estimate of drug-likeness (QED) is 0.328. The van der Waals surface area contributed by atoms with Gasteiger partial charge in [0, 0.05) is 16.3 Å². The van der Waals surface area contributed by atoms with Crippen LogP contribution in [0.3, 0.4) is 0 Å². The lowest BCUT2D eigenvalue weighted by molar-refractivity contribution is -0.137. The molecule has 0 bridgehead atoms. The fourth-order valence-electron chi connectivity index (χ4n) is 3.46. The summed E-state index contributed by atoms with van der Waals surface area (Å²) in [5.74, 6) is -0.831. The SMILES string of the molecule is Cc1cc2oc(-c3ccc(Cl)cc3)c(OCC(=O)Nc3cccc(C(F)(F)F)c3)c(=O)c2cc1C. The normalized spacial score (nSPS) is 11.5. The van der Waals surface area contributed by atoms with Gasteiger partial charge in [-0.2, -0.15) is 13.2 Å². The monoisotopic (exact) mass is 501 g/mol. The van der Waals surface area contributed by atoms with E-state index >= 15 is 0 Å². The van der Waals surface area contributed by atoms with Crippen molar-refractivity contribution in [3.63, 3.8) is 0 Å². The molecular weight excluding hydrogens is 483 g/mol. The van der Waals surface area contributed by atoms with Crippen LogP contribution in [0, 0.1) is 13.8 Å². The lowest BCUT2D eigenvalue weighted by atomic mass is 10.0. The molecule has 5 nitrogen and oxygen atoms in total. The minimum atomic E-state index is -4.55. The summed E-state index contributed by atoms with van der Waals surface area (Å²) in [4.78, 5) is 25.8. The number of hydrogen-bond acceptors (Lipinski definition) is 4. The Bertz CT molecular complexity index is 1480. The number of carbonyl (C=O) groups excluding carboxylic acids is 1. The molecule has 1 amide bonds. The van der Waals surface area contributed by atoms with Crippen molar-refractivity contribution in [2.24, 2.45) is 0 Å². The second kappa shape index (κ2) is 9.46. The van der Waals surface area contributed by atoms with Crippen molar-refractivity contribution in [3.8, 4) is 17.1 Å². The van der Waals surface area contributed by atoms with E-state index in [9.17, 15) is 22.8 Å². The first-order valence-electron chi connectivity index (χ1n) is 10.5. The molecule has 35 heavy (non-hydrogen) atoms. The van der Waals surface area contributed by atoms with E-state index in [1.165, 1.54) is 12.1 Å². The zero-order chi connectivity index (χ0) is 25.3. The summed E-state index contributed by atoms with van der Waals surface area (Å²) < 4.78 is 50.4. The van der Waals surface area contributed by atoms with Crippen molar-refractivity contribution in [1.82, 2.24) is 0 Å². The Balaban J connectivity index is 1.67. The highest BCUT2D eigenvalue weighted by Crippen LogP contribution is 2.33. The summed E-state index contributed by atoms with van der Waals surface area (Å²) in [5, 5.41) is 3.11. The first-order valence-corrected chi connectivity index (χ1v) is 10.8. The summed E-state index contributed by atoms with van der Waals surface area (Å²) in [5.41, 5.74) is 1.22. The van der Waals surface area contributed by atoms with Gasteiger partial charge < -0.3 is 14.5 Å². The summed E-state index contributed by atoms with van der Waals surface area (Å²) in [6, 6.07) is 14.2. The molecule has 0 aliphatic rings. The Kier molecular flexibility index (Phi) is 6.58. The predicted octanol–water partition coefficient (Wildman–Crippen LogP) is 6.77. The molecule has 0 radical (unpaired) electrons. The van der Waals surface area contributed by atoms with Crippen molar-refractivity contribution in [3.05, 3.63) is 92.6 Å². The van der Waals surface area contributed by atoms with Gasteiger partial charge in [-0.1, -0.05) is 17.7 Å². The number of rotatable bonds is 5. The molecule has 0 atom stereocenters. The van der Waals surface area contributed by atoms with Gasteiger partial charge in [0.05, 0.1) is 10.9 Å². The van der Waals surface area contributed by atoms with Crippen LogP contribution in [0.15, 0.2) is 69.9 Å². The van der Waals surface area contributed by atoms with E-state index in [1.54, 1.807) is 36.4 Å². The van der Waals surface area contributed by atoms with Crippen molar-refractivity contribution in [2.45, 2.75) is 20.0 Å². The maximum atomic E-state index is 13.3. The average Bonchev–Trinajstić information content (AvgIpc) is 2.80. The largest absolute Gasteiger partial charge is 0.476 e. The summed E-state index contributed by atoms with van der Waals surface area (Å²) in [6.07, 6.45) is -4.55. The maximum absolute atomic E-state index is 13.3. The van der Waals surface area contributed by atoms with E-state index in [1.807, 2.05) is 13.8 Å². The third-order valence-electron chi connectivity index (χ3n) is 5.39. The Morgan fingerprint density at radius 1 is 1.03 bits per heavy atom. The number of aryl methyl sites for hydroxylation is 2. The zero-order valence-electron chi connectivity index (χ0n) is 18.6. The number of carbonyl (C=O) groups is 1. The fraction of sp³-hybridized carbons (Fsp3) is 0.154. The van der Waals surface area contributed by atoms with Crippen LogP contribution in [0.4, 0.5) is 18.9 Å². The van der Waals surface area contributed by atoms with E-state index in [0.29, 0.717) is 16.2 Å². The van der Waals surface area contributed by atoms with Crippen molar-refractivity contribution < 1.29 is 27.1 Å². The number of nitrogens with one attached hydrogen (secondary N) is 1. The van der Waals surface area contributed by atoms with Crippen LogP contribution >= 0.6 is 11.6 Å². The Morgan fingerprint density at radius 3 is 2.40 bits per heavy atom. The van der Waals surface area contributed by atoms with Gasteiger partial charge in [0.2, 0.25) is 11.2 Å². The lowest BCUT2D eigenvalue weighted by Gasteiger charge is -2.13. The summed E-state index contributed by atoms with van der Waals surface area (Å²) in [7, 11) is 0. The van der Waals surface area contributed by atoms with Crippen molar-refractivity contribution in [2.75, 3.05) is 11.9 Å². The number of anilines is 1. The summed E-state index contributed by atoms with van der Waals surface area (Å²) in [6.45, 7) is 3.11. The van der Waals surface area contributed by atoms with Crippen molar-refractivity contribution >= 4 is 34.2 Å². The minimum Gasteiger partial charge on any atom is -0.476 e. The summed E-state index contributed by atoms with van der Waals surface area (Å²) >= 11 is 5.98. The molecule has 0 fully saturated rings. The molecule has 0 spiro atoms. The first kappa shape index (κ1) is 24.3. The molecule has 1 aromatic heterocycles. The van der Waals surface area contributed by atoms with E-state index in [4.69, 9.17) is 20.8 Å². The van der Waals surface area contributed by atoms with Crippen LogP contribution in [0.2, 0.25) is 5.02 Å². The number of hydrogen-bond donors (Lipinski definition) is 1. The predicted molar refractivity (Wildman–Crippen MR) is 128 cm³/mol. The third-order valence-corrected chi connectivity index (χ3v) is 5.64. The molecule has 0 unspecified atom stereocenters. The van der Waals surface area contributed by atoms with Gasteiger partial charge in [0.1, 0.15) is 5.58 Å². The van der Waals surface area contributed by atoms with Crippen molar-refractivity contribution in [1.29, 1.82) is 0 Å².